The summed E-state index contributed by atoms with van der Waals surface area (Å²) in [7, 11) is 0. The van der Waals surface area contributed by atoms with E-state index in [-0.39, 0.29) is 12.2 Å². The van der Waals surface area contributed by atoms with Gasteiger partial charge in [0, 0.05) is 52.8 Å². The molecule has 274 valence electrons. The molecule has 9 rings (SSSR count). The maximum absolute atomic E-state index is 12.9. The number of primary amides is 1. The highest BCUT2D eigenvalue weighted by Gasteiger charge is 2.36. The monoisotopic (exact) mass is 700 g/mol. The van der Waals surface area contributed by atoms with Crippen molar-refractivity contribution in [3.63, 3.8) is 0 Å². The van der Waals surface area contributed by atoms with Crippen LogP contribution in [-0.4, -0.2) is 39.9 Å². The van der Waals surface area contributed by atoms with Crippen molar-refractivity contribution < 1.29 is 9.18 Å². The highest BCUT2D eigenvalue weighted by Crippen LogP contribution is 2.38. The summed E-state index contributed by atoms with van der Waals surface area (Å²) >= 11 is 0. The summed E-state index contributed by atoms with van der Waals surface area (Å²) in [6, 6.07) is 24.6. The molecule has 5 nitrogen and oxygen atoms in total. The Morgan fingerprint density at radius 2 is 1.71 bits per heavy atom. The Morgan fingerprint density at radius 1 is 0.942 bits per heavy atom. The van der Waals surface area contributed by atoms with Gasteiger partial charge in [-0.05, 0) is 103 Å². The number of hydrogen-bond acceptors (Lipinski definition) is 2. The number of aromatic amines is 2. The number of nitrogens with zero attached hydrogens (tertiary/aromatic N) is 1. The van der Waals surface area contributed by atoms with Crippen molar-refractivity contribution in [3.8, 4) is 11.3 Å². The molecule has 6 heteroatoms. The van der Waals surface area contributed by atoms with Crippen LogP contribution in [0.1, 0.15) is 70.4 Å². The molecule has 1 saturated carbocycles. The normalized spacial score (nSPS) is 23.8. The van der Waals surface area contributed by atoms with Crippen LogP contribution in [-0.2, 0) is 17.6 Å². The molecule has 6 atom stereocenters. The number of carbonyl (C=O) groups is 1. The van der Waals surface area contributed by atoms with E-state index < -0.39 is 5.91 Å². The Morgan fingerprint density at radius 3 is 2.44 bits per heavy atom. The van der Waals surface area contributed by atoms with Gasteiger partial charge < -0.3 is 15.7 Å². The van der Waals surface area contributed by atoms with Crippen LogP contribution in [0, 0.1) is 35.4 Å². The molecule has 2 fully saturated rings. The molecule has 2 aromatic heterocycles. The number of halogens is 1. The minimum Gasteiger partial charge on any atom is -0.369 e. The lowest BCUT2D eigenvalue weighted by atomic mass is 9.74. The Hall–Kier alpha value is -4.42. The zero-order valence-electron chi connectivity index (χ0n) is 31.3. The molecule has 2 aliphatic carbocycles. The van der Waals surface area contributed by atoms with Crippen LogP contribution in [0.4, 0.5) is 4.39 Å². The van der Waals surface area contributed by atoms with E-state index in [1.807, 2.05) is 0 Å². The minimum absolute atomic E-state index is 0.128. The van der Waals surface area contributed by atoms with Crippen molar-refractivity contribution in [1.82, 2.24) is 14.9 Å². The maximum Gasteiger partial charge on any atom is 0.221 e. The van der Waals surface area contributed by atoms with Crippen molar-refractivity contribution in [2.24, 2.45) is 35.3 Å². The van der Waals surface area contributed by atoms with Gasteiger partial charge in [0.05, 0.1) is 6.42 Å². The molecule has 4 heterocycles. The number of allylic oxidation sites excluding steroid dienone is 1. The predicted octanol–water partition coefficient (Wildman–Crippen LogP) is 10.6. The number of para-hydroxylation sites is 1. The zero-order valence-corrected chi connectivity index (χ0v) is 31.3. The molecule has 4 aliphatic rings. The van der Waals surface area contributed by atoms with Gasteiger partial charge in [-0.1, -0.05) is 100 Å². The van der Waals surface area contributed by atoms with E-state index in [2.05, 4.69) is 115 Å². The smallest absolute Gasteiger partial charge is 0.221 e. The number of benzene rings is 3. The van der Waals surface area contributed by atoms with E-state index in [1.165, 1.54) is 84.9 Å². The van der Waals surface area contributed by atoms with Crippen molar-refractivity contribution in [1.29, 1.82) is 0 Å². The first-order valence-electron chi connectivity index (χ1n) is 19.5. The second kappa shape index (κ2) is 17.4. The molecule has 0 spiro atoms. The van der Waals surface area contributed by atoms with Crippen molar-refractivity contribution >= 4 is 27.7 Å². The fourth-order valence-corrected chi connectivity index (χ4v) is 8.95. The highest BCUT2D eigenvalue weighted by atomic mass is 19.1. The van der Waals surface area contributed by atoms with E-state index in [9.17, 15) is 9.18 Å². The van der Waals surface area contributed by atoms with E-state index in [0.717, 1.165) is 53.6 Å². The number of fused-ring (bicyclic) bond motifs is 4. The van der Waals surface area contributed by atoms with E-state index in [1.54, 1.807) is 12.3 Å². The minimum atomic E-state index is -0.421. The van der Waals surface area contributed by atoms with Gasteiger partial charge in [-0.15, -0.1) is 6.58 Å². The summed E-state index contributed by atoms with van der Waals surface area (Å²) < 4.78 is 12.9. The largest absolute Gasteiger partial charge is 0.369 e. The number of nitrogens with one attached hydrogen (secondary N) is 2. The van der Waals surface area contributed by atoms with Crippen molar-refractivity contribution in [2.45, 2.75) is 78.2 Å². The number of amides is 1. The third-order valence-corrected chi connectivity index (χ3v) is 12.0. The van der Waals surface area contributed by atoms with Gasteiger partial charge in [0.2, 0.25) is 5.91 Å². The molecule has 2 bridgehead atoms. The Kier molecular flexibility index (Phi) is 12.5. The first-order chi connectivity index (χ1) is 25.3. The van der Waals surface area contributed by atoms with E-state index in [0.29, 0.717) is 11.4 Å². The molecule has 6 unspecified atom stereocenters. The second-order valence-electron chi connectivity index (χ2n) is 15.3. The molecule has 1 amide bonds. The van der Waals surface area contributed by atoms with Crippen molar-refractivity contribution in [2.75, 3.05) is 13.1 Å². The Balaban J connectivity index is 0.000000155. The van der Waals surface area contributed by atoms with Gasteiger partial charge >= 0.3 is 0 Å². The first-order valence-corrected chi connectivity index (χ1v) is 19.5. The lowest BCUT2D eigenvalue weighted by Gasteiger charge is -2.46. The van der Waals surface area contributed by atoms with Gasteiger partial charge in [0.15, 0.2) is 0 Å². The Labute approximate surface area is 309 Å². The highest BCUT2D eigenvalue weighted by molar-refractivity contribution is 5.91. The molecule has 4 N–H and O–H groups in total. The first kappa shape index (κ1) is 37.3. The standard InChI is InChI=1S/C25H28N2.C11H20.C10H9FN2O/c1-2-19-16-18-12-13-24(19)27(17-18)15-14-22-21-10-6-7-11-23(21)26-25(22)20-8-4-3-5-9-20;1-4-10-7-6-9(3)11(5-2)8-10;11-7-1-2-9-8(4-7)6(5-13-9)3-10(12)14/h3-13,18-19,24,26H,2,14-17H2,1H3;4,9-11H,1,5-8H2,2-3H3;1-2,4-5,13H,3H2,(H2,12,14). The summed E-state index contributed by atoms with van der Waals surface area (Å²) in [5.41, 5.74) is 11.9. The number of H-pyrrole nitrogens is 2. The van der Waals surface area contributed by atoms with Crippen LogP contribution in [0.5, 0.6) is 0 Å². The van der Waals surface area contributed by atoms with Gasteiger partial charge in [-0.3, -0.25) is 9.69 Å². The van der Waals surface area contributed by atoms with E-state index in [4.69, 9.17) is 5.73 Å². The molecule has 0 radical (unpaired) electrons. The second-order valence-corrected chi connectivity index (χ2v) is 15.3. The SMILES string of the molecule is C=CC1CCC(C)C(CC)C1.CCC1CC2C=CC1N(CCc1c(-c3ccccc3)[nH]c3ccccc13)C2.NC(=O)Cc1c[nH]c2ccc(F)cc12. The molecular weight excluding hydrogens is 644 g/mol. The predicted molar refractivity (Wildman–Crippen MR) is 215 cm³/mol. The quantitative estimate of drug-likeness (QED) is 0.134. The fraction of sp³-hybridized carbons (Fsp3) is 0.413. The maximum atomic E-state index is 12.9. The topological polar surface area (TPSA) is 77.9 Å². The number of nitrogens with two attached hydrogens (primary N) is 1. The summed E-state index contributed by atoms with van der Waals surface area (Å²) in [6.07, 6.45) is 18.2. The van der Waals surface area contributed by atoms with Gasteiger partial charge in [0.1, 0.15) is 5.82 Å². The van der Waals surface area contributed by atoms with Gasteiger partial charge in [-0.25, -0.2) is 4.39 Å². The molecule has 2 aliphatic heterocycles. The number of piperidine rings is 1. The number of aromatic nitrogens is 2. The number of carbonyl (C=O) groups excluding carboxylic acids is 1. The van der Waals surface area contributed by atoms with Crippen LogP contribution in [0.15, 0.2) is 104 Å². The average Bonchev–Trinajstić information content (AvgIpc) is 3.75. The summed E-state index contributed by atoms with van der Waals surface area (Å²) in [5, 5.41) is 2.09. The van der Waals surface area contributed by atoms with Crippen LogP contribution < -0.4 is 5.73 Å². The number of hydrogen-bond donors (Lipinski definition) is 3. The lowest BCUT2D eigenvalue weighted by Crippen LogP contribution is -2.50. The van der Waals surface area contributed by atoms with Crippen LogP contribution >= 0.6 is 0 Å². The summed E-state index contributed by atoms with van der Waals surface area (Å²) in [6.45, 7) is 13.3. The molecule has 52 heavy (non-hydrogen) atoms. The van der Waals surface area contributed by atoms with Gasteiger partial charge in [0.25, 0.3) is 0 Å². The Bertz CT molecular complexity index is 1960. The molecule has 5 aromatic rings. The molecular formula is C46H57FN4O. The van der Waals surface area contributed by atoms with Crippen LogP contribution in [0.2, 0.25) is 0 Å². The molecule has 3 aromatic carbocycles. The van der Waals surface area contributed by atoms with Crippen molar-refractivity contribution in [3.05, 3.63) is 121 Å². The molecule has 1 saturated heterocycles. The number of rotatable bonds is 9. The lowest BCUT2D eigenvalue weighted by molar-refractivity contribution is -0.117. The van der Waals surface area contributed by atoms with Gasteiger partial charge in [-0.2, -0.15) is 0 Å². The summed E-state index contributed by atoms with van der Waals surface area (Å²) in [5.74, 6) is 3.60. The van der Waals surface area contributed by atoms with Crippen LogP contribution in [0.3, 0.4) is 0 Å². The van der Waals surface area contributed by atoms with E-state index >= 15 is 0 Å². The average molecular weight is 701 g/mol. The summed E-state index contributed by atoms with van der Waals surface area (Å²) in [4.78, 5) is 20.1. The zero-order chi connectivity index (χ0) is 36.6. The third-order valence-electron chi connectivity index (χ3n) is 12.0. The fourth-order valence-electron chi connectivity index (χ4n) is 8.95. The van der Waals surface area contributed by atoms with Crippen LogP contribution in [0.25, 0.3) is 33.1 Å². The third kappa shape index (κ3) is 8.78.